The molecule has 2 atom stereocenters. The first-order valence-electron chi connectivity index (χ1n) is 15.3. The van der Waals surface area contributed by atoms with Gasteiger partial charge in [-0.1, -0.05) is 36.3 Å². The smallest absolute Gasteiger partial charge is 0.319 e. The molecule has 0 spiro atoms. The lowest BCUT2D eigenvalue weighted by atomic mass is 9.95. The highest BCUT2D eigenvalue weighted by molar-refractivity contribution is 6.02. The van der Waals surface area contributed by atoms with Crippen molar-refractivity contribution in [2.75, 3.05) is 37.7 Å². The summed E-state index contributed by atoms with van der Waals surface area (Å²) in [5, 5.41) is 6.21. The quantitative estimate of drug-likeness (QED) is 0.331. The van der Waals surface area contributed by atoms with Crippen LogP contribution >= 0.6 is 0 Å². The largest absolute Gasteiger partial charge is 0.461 e. The number of fused-ring (bicyclic) bond motifs is 5. The molecule has 4 aliphatic heterocycles. The summed E-state index contributed by atoms with van der Waals surface area (Å²) in [7, 11) is 0. The number of hydrogen-bond acceptors (Lipinski definition) is 7. The molecule has 2 aromatic carbocycles. The zero-order chi connectivity index (χ0) is 28.3. The molecule has 4 fully saturated rings. The van der Waals surface area contributed by atoms with Crippen molar-refractivity contribution in [1.82, 2.24) is 25.2 Å². The Balaban J connectivity index is 1.26. The minimum atomic E-state index is -0.451. The fourth-order valence-electron chi connectivity index (χ4n) is 7.92. The third-order valence-corrected chi connectivity index (χ3v) is 9.86. The number of hydrogen-bond donors (Lipinski definition) is 1. The molecule has 0 saturated carbocycles. The van der Waals surface area contributed by atoms with E-state index in [9.17, 15) is 0 Å². The second-order valence-electron chi connectivity index (χ2n) is 12.3. The van der Waals surface area contributed by atoms with E-state index in [1.165, 1.54) is 12.8 Å². The van der Waals surface area contributed by atoms with Gasteiger partial charge in [-0.25, -0.2) is 4.39 Å². The van der Waals surface area contributed by atoms with E-state index in [-0.39, 0.29) is 22.8 Å². The van der Waals surface area contributed by atoms with Gasteiger partial charge in [-0.2, -0.15) is 9.97 Å². The fourth-order valence-corrected chi connectivity index (χ4v) is 7.92. The van der Waals surface area contributed by atoms with Crippen LogP contribution in [-0.2, 0) is 0 Å². The number of rotatable bonds is 5. The van der Waals surface area contributed by atoms with Crippen LogP contribution in [0.25, 0.3) is 32.9 Å². The fraction of sp³-hybridized carbons (Fsp3) is 0.441. The van der Waals surface area contributed by atoms with E-state index in [0.717, 1.165) is 68.2 Å². The lowest BCUT2D eigenvalue weighted by molar-refractivity contribution is 0.108. The monoisotopic (exact) mass is 562 g/mol. The molecular formula is C34H35FN6O. The summed E-state index contributed by atoms with van der Waals surface area (Å²) in [6, 6.07) is 12.9. The molecule has 8 rings (SSSR count). The summed E-state index contributed by atoms with van der Waals surface area (Å²) >= 11 is 0. The highest BCUT2D eigenvalue weighted by atomic mass is 19.1. The van der Waals surface area contributed by atoms with Gasteiger partial charge in [-0.15, -0.1) is 5.92 Å². The van der Waals surface area contributed by atoms with Crippen molar-refractivity contribution >= 4 is 27.5 Å². The maximum atomic E-state index is 16.8. The topological polar surface area (TPSA) is 66.4 Å². The molecule has 8 heteroatoms. The van der Waals surface area contributed by atoms with Crippen molar-refractivity contribution < 1.29 is 9.13 Å². The Labute approximate surface area is 245 Å². The van der Waals surface area contributed by atoms with Crippen LogP contribution in [0.4, 0.5) is 10.2 Å². The van der Waals surface area contributed by atoms with Crippen LogP contribution in [0.15, 0.2) is 42.6 Å². The Kier molecular flexibility index (Phi) is 6.27. The molecule has 6 heterocycles. The number of benzene rings is 2. The number of ether oxygens (including phenoxy) is 1. The summed E-state index contributed by atoms with van der Waals surface area (Å²) in [5.41, 5.74) is 2.14. The van der Waals surface area contributed by atoms with E-state index >= 15 is 4.39 Å². The van der Waals surface area contributed by atoms with Gasteiger partial charge < -0.3 is 15.0 Å². The van der Waals surface area contributed by atoms with Crippen LogP contribution in [0, 0.1) is 17.7 Å². The standard InChI is InChI=1S/C34H35FN6O/c1-2-7-22-8-3-9-23-10-4-11-26(28(22)23)30-29(35)31-27(18-36-30)32(40-19-24-12-13-25(20-40)37-24)39-33(38-31)42-21-34-14-5-16-41(34)17-6-15-34/h3-4,8-11,18,24-25,37H,5-6,12-17,19-21H2,1H3. The summed E-state index contributed by atoms with van der Waals surface area (Å²) in [4.78, 5) is 19.3. The van der Waals surface area contributed by atoms with Crippen LogP contribution in [0.5, 0.6) is 6.01 Å². The van der Waals surface area contributed by atoms with Crippen molar-refractivity contribution in [2.45, 2.75) is 63.1 Å². The number of nitrogens with zero attached hydrogens (tertiary/aromatic N) is 5. The van der Waals surface area contributed by atoms with Gasteiger partial charge in [0, 0.05) is 47.9 Å². The first-order valence-corrected chi connectivity index (χ1v) is 15.3. The zero-order valence-electron chi connectivity index (χ0n) is 24.0. The van der Waals surface area contributed by atoms with Crippen LogP contribution < -0.4 is 15.0 Å². The van der Waals surface area contributed by atoms with Crippen LogP contribution in [0.1, 0.15) is 51.0 Å². The molecule has 214 valence electrons. The average molecular weight is 563 g/mol. The molecular weight excluding hydrogens is 527 g/mol. The molecule has 2 aromatic heterocycles. The van der Waals surface area contributed by atoms with Crippen LogP contribution in [-0.4, -0.2) is 70.3 Å². The van der Waals surface area contributed by atoms with Crippen LogP contribution in [0.2, 0.25) is 0 Å². The number of pyridine rings is 1. The van der Waals surface area contributed by atoms with Gasteiger partial charge in [0.05, 0.1) is 10.9 Å². The van der Waals surface area contributed by atoms with Gasteiger partial charge in [0.1, 0.15) is 23.6 Å². The normalized spacial score (nSPS) is 22.9. The predicted octanol–water partition coefficient (Wildman–Crippen LogP) is 5.30. The SMILES string of the molecule is CC#Cc1cccc2cccc(-c3ncc4c(N5CC6CCC(C5)N6)nc(OCC56CCCN5CCC6)nc4c3F)c12. The minimum Gasteiger partial charge on any atom is -0.461 e. The van der Waals surface area contributed by atoms with E-state index < -0.39 is 5.82 Å². The van der Waals surface area contributed by atoms with E-state index in [1.54, 1.807) is 6.20 Å². The molecule has 2 bridgehead atoms. The van der Waals surface area contributed by atoms with Gasteiger partial charge in [-0.3, -0.25) is 9.88 Å². The lowest BCUT2D eigenvalue weighted by Crippen LogP contribution is -2.51. The third kappa shape index (κ3) is 4.21. The first kappa shape index (κ1) is 25.9. The Hall–Kier alpha value is -3.80. The number of halogens is 1. The Morgan fingerprint density at radius 1 is 1.05 bits per heavy atom. The summed E-state index contributed by atoms with van der Waals surface area (Å²) < 4.78 is 23.2. The molecule has 4 aliphatic rings. The highest BCUT2D eigenvalue weighted by Gasteiger charge is 2.45. The summed E-state index contributed by atoms with van der Waals surface area (Å²) in [5.74, 6) is 6.46. The molecule has 0 radical (unpaired) electrons. The van der Waals surface area contributed by atoms with Crippen molar-refractivity contribution in [3.63, 3.8) is 0 Å². The molecule has 4 aromatic rings. The molecule has 4 saturated heterocycles. The maximum Gasteiger partial charge on any atom is 0.319 e. The van der Waals surface area contributed by atoms with Gasteiger partial charge in [0.15, 0.2) is 5.82 Å². The van der Waals surface area contributed by atoms with Crippen molar-refractivity contribution in [3.8, 4) is 29.1 Å². The van der Waals surface area contributed by atoms with Crippen molar-refractivity contribution in [2.24, 2.45) is 0 Å². The Morgan fingerprint density at radius 2 is 1.81 bits per heavy atom. The maximum absolute atomic E-state index is 16.8. The predicted molar refractivity (Wildman–Crippen MR) is 163 cm³/mol. The Bertz CT molecular complexity index is 1740. The molecule has 1 N–H and O–H groups in total. The zero-order valence-corrected chi connectivity index (χ0v) is 24.0. The number of aromatic nitrogens is 3. The number of piperazine rings is 1. The second kappa shape index (κ2) is 10.2. The number of nitrogens with one attached hydrogen (secondary N) is 1. The van der Waals surface area contributed by atoms with E-state index in [4.69, 9.17) is 19.7 Å². The van der Waals surface area contributed by atoms with Crippen LogP contribution in [0.3, 0.4) is 0 Å². The first-order chi connectivity index (χ1) is 20.6. The minimum absolute atomic E-state index is 0.0499. The summed E-state index contributed by atoms with van der Waals surface area (Å²) in [6.07, 6.45) is 8.67. The third-order valence-electron chi connectivity index (χ3n) is 9.86. The van der Waals surface area contributed by atoms with E-state index in [1.807, 2.05) is 43.3 Å². The lowest BCUT2D eigenvalue weighted by Gasteiger charge is -2.34. The Morgan fingerprint density at radius 3 is 2.57 bits per heavy atom. The summed E-state index contributed by atoms with van der Waals surface area (Å²) in [6.45, 7) is 6.24. The van der Waals surface area contributed by atoms with Crippen molar-refractivity contribution in [1.29, 1.82) is 0 Å². The molecule has 2 unspecified atom stereocenters. The number of anilines is 1. The molecule has 42 heavy (non-hydrogen) atoms. The highest BCUT2D eigenvalue weighted by Crippen LogP contribution is 2.40. The second-order valence-corrected chi connectivity index (χ2v) is 12.3. The van der Waals surface area contributed by atoms with Crippen molar-refractivity contribution in [3.05, 3.63) is 54.0 Å². The molecule has 7 nitrogen and oxygen atoms in total. The molecule has 0 amide bonds. The molecule has 0 aliphatic carbocycles. The van der Waals surface area contributed by atoms with E-state index in [0.29, 0.717) is 35.5 Å². The average Bonchev–Trinajstić information content (AvgIpc) is 3.69. The van der Waals surface area contributed by atoms with Gasteiger partial charge >= 0.3 is 6.01 Å². The van der Waals surface area contributed by atoms with Gasteiger partial charge in [0.2, 0.25) is 0 Å². The van der Waals surface area contributed by atoms with E-state index in [2.05, 4.69) is 27.0 Å². The van der Waals surface area contributed by atoms with Gasteiger partial charge in [0.25, 0.3) is 0 Å². The van der Waals surface area contributed by atoms with Gasteiger partial charge in [-0.05, 0) is 70.0 Å².